The van der Waals surface area contributed by atoms with Gasteiger partial charge in [0.15, 0.2) is 0 Å². The number of rotatable bonds is 5. The van der Waals surface area contributed by atoms with Crippen molar-refractivity contribution in [3.8, 4) is 17.0 Å². The molecule has 0 unspecified atom stereocenters. The highest BCUT2D eigenvalue weighted by Crippen LogP contribution is 2.33. The summed E-state index contributed by atoms with van der Waals surface area (Å²) in [5, 5.41) is 2.66. The minimum Gasteiger partial charge on any atom is -0.489 e. The number of nitrogens with zero attached hydrogens (tertiary/aromatic N) is 1. The first-order valence-electron chi connectivity index (χ1n) is 9.75. The van der Waals surface area contributed by atoms with Crippen LogP contribution in [0, 0.1) is 20.8 Å². The quantitative estimate of drug-likeness (QED) is 0.251. The van der Waals surface area contributed by atoms with E-state index >= 15 is 0 Å². The Morgan fingerprint density at radius 3 is 2.39 bits per heavy atom. The molecule has 0 saturated heterocycles. The van der Waals surface area contributed by atoms with Crippen LogP contribution in [0.2, 0.25) is 0 Å². The number of anilines is 1. The molecular weight excluding hydrogens is 433 g/mol. The Labute approximate surface area is 191 Å². The predicted molar refractivity (Wildman–Crippen MR) is 123 cm³/mol. The summed E-state index contributed by atoms with van der Waals surface area (Å²) in [7, 11) is 0. The average Bonchev–Trinajstić information content (AvgIpc) is 2.74. The lowest BCUT2D eigenvalue weighted by Gasteiger charge is -2.17. The number of hydrogen-bond acceptors (Lipinski definition) is 4. The van der Waals surface area contributed by atoms with Gasteiger partial charge < -0.3 is 10.1 Å². The van der Waals surface area contributed by atoms with Gasteiger partial charge in [-0.15, -0.1) is 0 Å². The highest BCUT2D eigenvalue weighted by atomic mass is 19.4. The Balaban J connectivity index is 0.00000385. The molecule has 0 saturated carbocycles. The molecule has 6 nitrogen and oxygen atoms in total. The summed E-state index contributed by atoms with van der Waals surface area (Å²) in [6.07, 6.45) is -4.51. The number of halogens is 3. The van der Waals surface area contributed by atoms with Crippen molar-refractivity contribution in [1.29, 1.82) is 0 Å². The van der Waals surface area contributed by atoms with Crippen LogP contribution in [0.15, 0.2) is 48.5 Å². The lowest BCUT2D eigenvalue weighted by Crippen LogP contribution is -2.34. The summed E-state index contributed by atoms with van der Waals surface area (Å²) in [5.41, 5.74) is 5.64. The molecular formula is C24H27F3N4O2. The molecule has 2 aromatic carbocycles. The highest BCUT2D eigenvalue weighted by molar-refractivity contribution is 5.89. The molecule has 0 aliphatic rings. The molecule has 3 aromatic rings. The Morgan fingerprint density at radius 2 is 1.73 bits per heavy atom. The number of hydrogen-bond donors (Lipinski definition) is 3. The van der Waals surface area contributed by atoms with Gasteiger partial charge in [0.2, 0.25) is 0 Å². The summed E-state index contributed by atoms with van der Waals surface area (Å²) in [4.78, 5) is 15.4. The van der Waals surface area contributed by atoms with Crippen molar-refractivity contribution < 1.29 is 22.7 Å². The summed E-state index contributed by atoms with van der Waals surface area (Å²) in [6, 6.07) is 12.2. The first-order chi connectivity index (χ1) is 15.1. The van der Waals surface area contributed by atoms with Crippen LogP contribution in [0.1, 0.15) is 35.4 Å². The van der Waals surface area contributed by atoms with Crippen molar-refractivity contribution in [3.63, 3.8) is 0 Å². The van der Waals surface area contributed by atoms with Gasteiger partial charge in [0, 0.05) is 16.8 Å². The Hall–Kier alpha value is -3.59. The van der Waals surface area contributed by atoms with Crippen LogP contribution in [0.25, 0.3) is 11.3 Å². The molecule has 0 fully saturated rings. The van der Waals surface area contributed by atoms with Crippen LogP contribution in [0.5, 0.6) is 5.75 Å². The summed E-state index contributed by atoms with van der Waals surface area (Å²) < 4.78 is 45.1. The fraction of sp³-hybridized carbons (Fsp3) is 0.250. The van der Waals surface area contributed by atoms with Gasteiger partial charge in [-0.2, -0.15) is 13.2 Å². The number of ether oxygens (including phenoxy) is 1. The normalized spacial score (nSPS) is 10.9. The lowest BCUT2D eigenvalue weighted by molar-refractivity contribution is -0.141. The van der Waals surface area contributed by atoms with E-state index in [2.05, 4.69) is 10.3 Å². The van der Waals surface area contributed by atoms with Crippen LogP contribution in [-0.2, 0) is 12.8 Å². The number of aryl methyl sites for hydroxylation is 3. The topological polar surface area (TPSA) is 89.3 Å². The van der Waals surface area contributed by atoms with Gasteiger partial charge in [0.05, 0.1) is 5.69 Å². The largest absolute Gasteiger partial charge is 0.489 e. The van der Waals surface area contributed by atoms with Crippen molar-refractivity contribution >= 4 is 11.7 Å². The van der Waals surface area contributed by atoms with Crippen molar-refractivity contribution in [1.82, 2.24) is 10.4 Å². The number of urea groups is 1. The molecule has 0 aliphatic heterocycles. The second-order valence-corrected chi connectivity index (χ2v) is 7.33. The average molecular weight is 461 g/mol. The summed E-state index contributed by atoms with van der Waals surface area (Å²) in [5.74, 6) is 5.72. The first kappa shape index (κ1) is 25.7. The predicted octanol–water partition coefficient (Wildman–Crippen LogP) is 5.90. The molecule has 1 aromatic heterocycles. The molecule has 176 valence electrons. The highest BCUT2D eigenvalue weighted by Gasteiger charge is 2.32. The molecule has 2 amide bonds. The number of carbonyl (C=O) groups excluding carboxylic acids is 1. The third kappa shape index (κ3) is 6.01. The van der Waals surface area contributed by atoms with E-state index in [0.29, 0.717) is 17.0 Å². The van der Waals surface area contributed by atoms with E-state index in [1.807, 2.05) is 25.3 Å². The van der Waals surface area contributed by atoms with Gasteiger partial charge in [-0.3, -0.25) is 5.43 Å². The Bertz CT molecular complexity index is 1150. The third-order valence-electron chi connectivity index (χ3n) is 5.00. The van der Waals surface area contributed by atoms with Crippen LogP contribution in [0.3, 0.4) is 0 Å². The van der Waals surface area contributed by atoms with Crippen LogP contribution in [-0.4, -0.2) is 11.0 Å². The number of alkyl halides is 3. The molecule has 0 atom stereocenters. The number of nitrogens with two attached hydrogens (primary N) is 1. The van der Waals surface area contributed by atoms with E-state index in [1.54, 1.807) is 37.3 Å². The number of carbonyl (C=O) groups is 1. The maximum atomic E-state index is 13.0. The zero-order chi connectivity index (χ0) is 23.5. The number of hydrazine groups is 1. The van der Waals surface area contributed by atoms with Crippen molar-refractivity contribution in [2.75, 3.05) is 5.32 Å². The molecule has 3 rings (SSSR count). The van der Waals surface area contributed by atoms with E-state index in [-0.39, 0.29) is 19.7 Å². The Kier molecular flexibility index (Phi) is 8.05. The fourth-order valence-corrected chi connectivity index (χ4v) is 3.28. The number of pyridine rings is 1. The SMILES string of the molecule is C.Cc1cc(-c2cccc(C(F)(F)F)n2)c(C)cc1OCc1c(C)cccc1NC(=O)NN. The summed E-state index contributed by atoms with van der Waals surface area (Å²) in [6.45, 7) is 5.67. The zero-order valence-corrected chi connectivity index (χ0v) is 17.8. The Morgan fingerprint density at radius 1 is 1.03 bits per heavy atom. The number of nitrogens with one attached hydrogen (secondary N) is 2. The molecule has 4 N–H and O–H groups in total. The van der Waals surface area contributed by atoms with Crippen LogP contribution < -0.4 is 21.3 Å². The molecule has 0 aliphatic carbocycles. The zero-order valence-electron chi connectivity index (χ0n) is 17.8. The van der Waals surface area contributed by atoms with Gasteiger partial charge in [-0.1, -0.05) is 25.6 Å². The van der Waals surface area contributed by atoms with E-state index < -0.39 is 17.9 Å². The smallest absolute Gasteiger partial charge is 0.433 e. The third-order valence-corrected chi connectivity index (χ3v) is 5.00. The molecule has 9 heteroatoms. The minimum absolute atomic E-state index is 0. The van der Waals surface area contributed by atoms with E-state index in [0.717, 1.165) is 28.3 Å². The van der Waals surface area contributed by atoms with Crippen LogP contribution in [0.4, 0.5) is 23.7 Å². The fourth-order valence-electron chi connectivity index (χ4n) is 3.28. The van der Waals surface area contributed by atoms with Gasteiger partial charge in [0.1, 0.15) is 18.1 Å². The van der Waals surface area contributed by atoms with Gasteiger partial charge in [-0.25, -0.2) is 15.6 Å². The number of benzene rings is 2. The standard InChI is InChI=1S/C23H23F3N4O2.CH4/c1-13-6-4-7-19(29-22(31)30-27)17(13)12-32-20-11-14(2)16(10-15(20)3)18-8-5-9-21(28-18)23(24,25)26;/h4-11H,12,27H2,1-3H3,(H2,29,30,31);1H4. The number of amides is 2. The second-order valence-electron chi connectivity index (χ2n) is 7.33. The van der Waals surface area contributed by atoms with E-state index in [9.17, 15) is 18.0 Å². The second kappa shape index (κ2) is 10.4. The van der Waals surface area contributed by atoms with Gasteiger partial charge in [0.25, 0.3) is 0 Å². The minimum atomic E-state index is -4.51. The van der Waals surface area contributed by atoms with Crippen molar-refractivity contribution in [2.45, 2.75) is 41.0 Å². The van der Waals surface area contributed by atoms with Crippen molar-refractivity contribution in [3.05, 3.63) is 76.5 Å². The molecule has 0 spiro atoms. The lowest BCUT2D eigenvalue weighted by atomic mass is 10.0. The molecule has 0 radical (unpaired) electrons. The monoisotopic (exact) mass is 460 g/mol. The first-order valence-corrected chi connectivity index (χ1v) is 9.75. The maximum Gasteiger partial charge on any atom is 0.433 e. The summed E-state index contributed by atoms with van der Waals surface area (Å²) >= 11 is 0. The van der Waals surface area contributed by atoms with E-state index in [1.165, 1.54) is 6.07 Å². The number of aromatic nitrogens is 1. The molecule has 33 heavy (non-hydrogen) atoms. The van der Waals surface area contributed by atoms with Crippen LogP contribution >= 0.6 is 0 Å². The van der Waals surface area contributed by atoms with E-state index in [4.69, 9.17) is 10.6 Å². The van der Waals surface area contributed by atoms with Crippen molar-refractivity contribution in [2.24, 2.45) is 5.84 Å². The van der Waals surface area contributed by atoms with Gasteiger partial charge in [-0.05, 0) is 67.8 Å². The maximum absolute atomic E-state index is 13.0. The van der Waals surface area contributed by atoms with Gasteiger partial charge >= 0.3 is 12.2 Å². The molecule has 1 heterocycles. The molecule has 0 bridgehead atoms.